The number of hydrogen-bond donors (Lipinski definition) is 2. The lowest BCUT2D eigenvalue weighted by Crippen LogP contribution is -2.39. The Hall–Kier alpha value is -1.42. The van der Waals surface area contributed by atoms with E-state index >= 15 is 0 Å². The molecule has 0 aromatic heterocycles. The number of nitrogens with two attached hydrogens (primary N) is 1. The van der Waals surface area contributed by atoms with Gasteiger partial charge in [-0.1, -0.05) is 19.9 Å². The van der Waals surface area contributed by atoms with Gasteiger partial charge in [0, 0.05) is 11.3 Å². The topological polar surface area (TPSA) is 55.1 Å². The van der Waals surface area contributed by atoms with E-state index < -0.39 is 6.04 Å². The van der Waals surface area contributed by atoms with E-state index in [1.54, 1.807) is 19.1 Å². The monoisotopic (exact) mass is 224 g/mol. The van der Waals surface area contributed by atoms with Crippen LogP contribution < -0.4 is 11.1 Å². The molecule has 0 bridgehead atoms. The minimum atomic E-state index is -0.581. The van der Waals surface area contributed by atoms with Gasteiger partial charge in [-0.15, -0.1) is 0 Å². The number of rotatable bonds is 3. The molecule has 3 nitrogen and oxygen atoms in total. The second kappa shape index (κ2) is 5.07. The van der Waals surface area contributed by atoms with Gasteiger partial charge in [-0.3, -0.25) is 4.79 Å². The Balaban J connectivity index is 2.81. The summed E-state index contributed by atoms with van der Waals surface area (Å²) in [7, 11) is 0. The molecule has 1 unspecified atom stereocenters. The van der Waals surface area contributed by atoms with Gasteiger partial charge in [0.1, 0.15) is 5.82 Å². The number of anilines is 1. The highest BCUT2D eigenvalue weighted by molar-refractivity contribution is 5.95. The van der Waals surface area contributed by atoms with Crippen molar-refractivity contribution in [1.82, 2.24) is 0 Å². The summed E-state index contributed by atoms with van der Waals surface area (Å²) >= 11 is 0. The summed E-state index contributed by atoms with van der Waals surface area (Å²) in [5.74, 6) is -0.575. The smallest absolute Gasteiger partial charge is 0.241 e. The molecule has 0 aliphatic heterocycles. The summed E-state index contributed by atoms with van der Waals surface area (Å²) in [5.41, 5.74) is 6.59. The molecule has 0 saturated heterocycles. The number of carbonyl (C=O) groups excluding carboxylic acids is 1. The van der Waals surface area contributed by atoms with Gasteiger partial charge in [-0.2, -0.15) is 0 Å². The molecule has 0 heterocycles. The number of nitrogens with one attached hydrogen (secondary N) is 1. The molecule has 1 rings (SSSR count). The molecular weight excluding hydrogens is 207 g/mol. The summed E-state index contributed by atoms with van der Waals surface area (Å²) in [5, 5.41) is 2.63. The summed E-state index contributed by atoms with van der Waals surface area (Å²) in [4.78, 5) is 11.7. The van der Waals surface area contributed by atoms with Crippen LogP contribution in [0.1, 0.15) is 19.4 Å². The zero-order valence-electron chi connectivity index (χ0n) is 9.75. The van der Waals surface area contributed by atoms with Crippen LogP contribution in [0, 0.1) is 18.7 Å². The minimum Gasteiger partial charge on any atom is -0.324 e. The maximum atomic E-state index is 13.2. The highest BCUT2D eigenvalue weighted by Crippen LogP contribution is 2.17. The summed E-state index contributed by atoms with van der Waals surface area (Å²) in [6, 6.07) is 3.98. The molecule has 1 amide bonds. The fourth-order valence-electron chi connectivity index (χ4n) is 1.26. The normalized spacial score (nSPS) is 12.6. The molecule has 0 fully saturated rings. The second-order valence-corrected chi connectivity index (χ2v) is 4.17. The first kappa shape index (κ1) is 12.6. The number of carbonyl (C=O) groups is 1. The molecular formula is C12H17FN2O. The summed E-state index contributed by atoms with van der Waals surface area (Å²) in [6.07, 6.45) is 0. The lowest BCUT2D eigenvalue weighted by Gasteiger charge is -2.16. The first-order valence-electron chi connectivity index (χ1n) is 5.25. The zero-order valence-corrected chi connectivity index (χ0v) is 9.75. The average molecular weight is 224 g/mol. The lowest BCUT2D eigenvalue weighted by atomic mass is 10.0. The van der Waals surface area contributed by atoms with Crippen LogP contribution in [-0.4, -0.2) is 11.9 Å². The maximum absolute atomic E-state index is 13.2. The van der Waals surface area contributed by atoms with Crippen molar-refractivity contribution in [2.75, 3.05) is 5.32 Å². The third-order valence-corrected chi connectivity index (χ3v) is 2.55. The number of halogens is 1. The SMILES string of the molecule is Cc1c(F)cccc1NC(=O)C(N)C(C)C. The molecule has 0 saturated carbocycles. The van der Waals surface area contributed by atoms with Gasteiger partial charge in [0.15, 0.2) is 0 Å². The molecule has 0 spiro atoms. The molecule has 4 heteroatoms. The van der Waals surface area contributed by atoms with Gasteiger partial charge < -0.3 is 11.1 Å². The first-order chi connectivity index (χ1) is 7.43. The van der Waals surface area contributed by atoms with Crippen molar-refractivity contribution in [3.05, 3.63) is 29.6 Å². The van der Waals surface area contributed by atoms with Crippen LogP contribution in [-0.2, 0) is 4.79 Å². The largest absolute Gasteiger partial charge is 0.324 e. The van der Waals surface area contributed by atoms with Crippen LogP contribution in [0.4, 0.5) is 10.1 Å². The molecule has 16 heavy (non-hydrogen) atoms. The zero-order chi connectivity index (χ0) is 12.3. The third-order valence-electron chi connectivity index (χ3n) is 2.55. The molecule has 0 radical (unpaired) electrons. The Bertz CT molecular complexity index is 391. The molecule has 0 aliphatic rings. The van der Waals surface area contributed by atoms with Crippen molar-refractivity contribution in [1.29, 1.82) is 0 Å². The second-order valence-electron chi connectivity index (χ2n) is 4.17. The predicted octanol–water partition coefficient (Wildman–Crippen LogP) is 2.06. The van der Waals surface area contributed by atoms with Crippen molar-refractivity contribution in [2.45, 2.75) is 26.8 Å². The number of benzene rings is 1. The van der Waals surface area contributed by atoms with Gasteiger partial charge in [0.2, 0.25) is 5.91 Å². The van der Waals surface area contributed by atoms with E-state index in [2.05, 4.69) is 5.32 Å². The van der Waals surface area contributed by atoms with E-state index in [0.29, 0.717) is 11.3 Å². The van der Waals surface area contributed by atoms with E-state index in [1.165, 1.54) is 6.07 Å². The van der Waals surface area contributed by atoms with Crippen molar-refractivity contribution in [3.8, 4) is 0 Å². The van der Waals surface area contributed by atoms with Crippen molar-refractivity contribution >= 4 is 11.6 Å². The van der Waals surface area contributed by atoms with Crippen LogP contribution in [0.25, 0.3) is 0 Å². The third kappa shape index (κ3) is 2.79. The van der Waals surface area contributed by atoms with E-state index in [-0.39, 0.29) is 17.6 Å². The van der Waals surface area contributed by atoms with Gasteiger partial charge in [-0.05, 0) is 25.0 Å². The Labute approximate surface area is 94.8 Å². The van der Waals surface area contributed by atoms with Crippen LogP contribution >= 0.6 is 0 Å². The van der Waals surface area contributed by atoms with Crippen LogP contribution in [0.3, 0.4) is 0 Å². The molecule has 3 N–H and O–H groups in total. The highest BCUT2D eigenvalue weighted by Gasteiger charge is 2.18. The fraction of sp³-hybridized carbons (Fsp3) is 0.417. The molecule has 1 atom stereocenters. The Morgan fingerprint density at radius 3 is 2.62 bits per heavy atom. The van der Waals surface area contributed by atoms with Crippen molar-refractivity contribution in [2.24, 2.45) is 11.7 Å². The fourth-order valence-corrected chi connectivity index (χ4v) is 1.26. The first-order valence-corrected chi connectivity index (χ1v) is 5.25. The molecule has 88 valence electrons. The van der Waals surface area contributed by atoms with E-state index in [0.717, 1.165) is 0 Å². The summed E-state index contributed by atoms with van der Waals surface area (Å²) < 4.78 is 13.2. The Morgan fingerprint density at radius 2 is 2.06 bits per heavy atom. The molecule has 0 aliphatic carbocycles. The lowest BCUT2D eigenvalue weighted by molar-refractivity contribution is -0.118. The van der Waals surface area contributed by atoms with E-state index in [4.69, 9.17) is 5.73 Å². The van der Waals surface area contributed by atoms with Crippen LogP contribution in [0.5, 0.6) is 0 Å². The number of amides is 1. The Morgan fingerprint density at radius 1 is 1.44 bits per heavy atom. The Kier molecular flexibility index (Phi) is 4.01. The standard InChI is InChI=1S/C12H17FN2O/c1-7(2)11(14)12(16)15-10-6-4-5-9(13)8(10)3/h4-7,11H,14H2,1-3H3,(H,15,16). The number of hydrogen-bond acceptors (Lipinski definition) is 2. The van der Waals surface area contributed by atoms with E-state index in [1.807, 2.05) is 13.8 Å². The molecule has 1 aromatic carbocycles. The quantitative estimate of drug-likeness (QED) is 0.825. The maximum Gasteiger partial charge on any atom is 0.241 e. The van der Waals surface area contributed by atoms with Crippen molar-refractivity contribution < 1.29 is 9.18 Å². The van der Waals surface area contributed by atoms with E-state index in [9.17, 15) is 9.18 Å². The summed E-state index contributed by atoms with van der Waals surface area (Å²) in [6.45, 7) is 5.34. The van der Waals surface area contributed by atoms with Crippen LogP contribution in [0.15, 0.2) is 18.2 Å². The minimum absolute atomic E-state index is 0.0499. The molecule has 1 aromatic rings. The van der Waals surface area contributed by atoms with Crippen LogP contribution in [0.2, 0.25) is 0 Å². The predicted molar refractivity (Wildman–Crippen MR) is 62.6 cm³/mol. The van der Waals surface area contributed by atoms with Crippen molar-refractivity contribution in [3.63, 3.8) is 0 Å². The van der Waals surface area contributed by atoms with Gasteiger partial charge in [-0.25, -0.2) is 4.39 Å². The van der Waals surface area contributed by atoms with Gasteiger partial charge >= 0.3 is 0 Å². The highest BCUT2D eigenvalue weighted by atomic mass is 19.1. The van der Waals surface area contributed by atoms with Gasteiger partial charge in [0.25, 0.3) is 0 Å². The van der Waals surface area contributed by atoms with Gasteiger partial charge in [0.05, 0.1) is 6.04 Å². The average Bonchev–Trinajstić information content (AvgIpc) is 2.23.